The first-order valence-corrected chi connectivity index (χ1v) is 9.99. The van der Waals surface area contributed by atoms with E-state index in [-0.39, 0.29) is 6.04 Å². The second kappa shape index (κ2) is 6.74. The summed E-state index contributed by atoms with van der Waals surface area (Å²) in [7, 11) is 0. The zero-order chi connectivity index (χ0) is 20.0. The number of rotatable bonds is 3. The average molecular weight is 385 g/mol. The minimum Gasteiger partial charge on any atom is -0.382 e. The Balaban J connectivity index is 1.61. The fourth-order valence-corrected chi connectivity index (χ4v) is 4.04. The summed E-state index contributed by atoms with van der Waals surface area (Å²) in [6, 6.07) is 14.8. The van der Waals surface area contributed by atoms with E-state index in [4.69, 9.17) is 9.97 Å². The van der Waals surface area contributed by atoms with Crippen LogP contribution in [0.2, 0.25) is 0 Å². The lowest BCUT2D eigenvalue weighted by Gasteiger charge is -2.26. The van der Waals surface area contributed by atoms with Gasteiger partial charge in [-0.1, -0.05) is 30.3 Å². The molecule has 0 aliphatic carbocycles. The maximum atomic E-state index is 10.1. The summed E-state index contributed by atoms with van der Waals surface area (Å²) >= 11 is 0. The van der Waals surface area contributed by atoms with Crippen molar-refractivity contribution < 1.29 is 5.11 Å². The average Bonchev–Trinajstić information content (AvgIpc) is 3.12. The van der Waals surface area contributed by atoms with Crippen molar-refractivity contribution in [3.63, 3.8) is 0 Å². The van der Waals surface area contributed by atoms with E-state index in [9.17, 15) is 5.11 Å². The number of benzene rings is 1. The molecule has 0 spiro atoms. The Morgan fingerprint density at radius 2 is 1.76 bits per heavy atom. The normalized spacial score (nSPS) is 16.7. The van der Waals surface area contributed by atoms with Gasteiger partial charge in [-0.15, -0.1) is 0 Å². The van der Waals surface area contributed by atoms with E-state index in [1.165, 1.54) is 5.56 Å². The summed E-state index contributed by atoms with van der Waals surface area (Å²) in [6.07, 6.45) is 6.62. The molecule has 6 nitrogen and oxygen atoms in total. The van der Waals surface area contributed by atoms with Crippen molar-refractivity contribution in [3.8, 4) is 11.3 Å². The SMILES string of the molecule is CC(C)(O)c1ncc(-c2ccc3nc4n(c3n2)[C@@H](c2ccccc2)CCC4)cn1. The second-order valence-corrected chi connectivity index (χ2v) is 8.11. The molecule has 4 heterocycles. The number of aryl methyl sites for hydroxylation is 1. The van der Waals surface area contributed by atoms with Crippen molar-refractivity contribution in [3.05, 3.63) is 72.1 Å². The summed E-state index contributed by atoms with van der Waals surface area (Å²) in [6.45, 7) is 3.35. The lowest BCUT2D eigenvalue weighted by molar-refractivity contribution is 0.0687. The van der Waals surface area contributed by atoms with Crippen molar-refractivity contribution in [1.82, 2.24) is 24.5 Å². The predicted molar refractivity (Wildman–Crippen MR) is 111 cm³/mol. The van der Waals surface area contributed by atoms with E-state index < -0.39 is 5.60 Å². The number of aliphatic hydroxyl groups is 1. The molecule has 0 unspecified atom stereocenters. The molecule has 1 aliphatic rings. The van der Waals surface area contributed by atoms with Crippen molar-refractivity contribution in [1.29, 1.82) is 0 Å². The molecule has 1 N–H and O–H groups in total. The van der Waals surface area contributed by atoms with Gasteiger partial charge < -0.3 is 9.67 Å². The Labute approximate surface area is 169 Å². The summed E-state index contributed by atoms with van der Waals surface area (Å²) < 4.78 is 2.30. The fourth-order valence-electron chi connectivity index (χ4n) is 4.04. The Hall–Kier alpha value is -3.12. The lowest BCUT2D eigenvalue weighted by Crippen LogP contribution is -2.19. The minimum atomic E-state index is -1.07. The molecular formula is C23H23N5O. The van der Waals surface area contributed by atoms with Crippen LogP contribution < -0.4 is 0 Å². The van der Waals surface area contributed by atoms with Crippen molar-refractivity contribution in [2.45, 2.75) is 44.8 Å². The molecule has 1 atom stereocenters. The van der Waals surface area contributed by atoms with Gasteiger partial charge in [-0.25, -0.2) is 19.9 Å². The number of pyridine rings is 1. The molecule has 0 saturated carbocycles. The maximum absolute atomic E-state index is 10.1. The third-order valence-corrected chi connectivity index (χ3v) is 5.48. The van der Waals surface area contributed by atoms with Crippen LogP contribution in [0.15, 0.2) is 54.9 Å². The second-order valence-electron chi connectivity index (χ2n) is 8.11. The van der Waals surface area contributed by atoms with Crippen LogP contribution in [0.25, 0.3) is 22.4 Å². The van der Waals surface area contributed by atoms with Crippen LogP contribution in [-0.4, -0.2) is 29.6 Å². The Kier molecular flexibility index (Phi) is 4.17. The molecule has 0 radical (unpaired) electrons. The van der Waals surface area contributed by atoms with Crippen molar-refractivity contribution in [2.24, 2.45) is 0 Å². The van der Waals surface area contributed by atoms with Gasteiger partial charge in [0.25, 0.3) is 0 Å². The highest BCUT2D eigenvalue weighted by atomic mass is 16.3. The molecule has 4 aromatic rings. The van der Waals surface area contributed by atoms with Gasteiger partial charge in [0.2, 0.25) is 0 Å². The van der Waals surface area contributed by atoms with E-state index in [0.29, 0.717) is 5.82 Å². The third-order valence-electron chi connectivity index (χ3n) is 5.48. The van der Waals surface area contributed by atoms with Crippen LogP contribution in [0.1, 0.15) is 49.9 Å². The summed E-state index contributed by atoms with van der Waals surface area (Å²) in [5, 5.41) is 10.1. The van der Waals surface area contributed by atoms with Gasteiger partial charge in [-0.3, -0.25) is 0 Å². The van der Waals surface area contributed by atoms with Crippen LogP contribution in [-0.2, 0) is 12.0 Å². The minimum absolute atomic E-state index is 0.251. The summed E-state index contributed by atoms with van der Waals surface area (Å²) in [5.74, 6) is 1.49. The standard InChI is InChI=1S/C23H23N5O/c1-23(2,29)22-24-13-16(14-25-22)17-11-12-18-21(27-17)28-19(9-6-10-20(28)26-18)15-7-4-3-5-8-15/h3-5,7-8,11-14,19,29H,6,9-10H2,1-2H3/t19-/m1/s1. The van der Waals surface area contributed by atoms with Crippen LogP contribution in [0, 0.1) is 0 Å². The van der Waals surface area contributed by atoms with E-state index in [1.54, 1.807) is 26.2 Å². The van der Waals surface area contributed by atoms with Gasteiger partial charge >= 0.3 is 0 Å². The van der Waals surface area contributed by atoms with Gasteiger partial charge in [0.1, 0.15) is 16.9 Å². The molecule has 3 aromatic heterocycles. The molecule has 1 aliphatic heterocycles. The molecule has 146 valence electrons. The number of imidazole rings is 1. The first-order valence-electron chi connectivity index (χ1n) is 9.99. The smallest absolute Gasteiger partial charge is 0.161 e. The highest BCUT2D eigenvalue weighted by molar-refractivity contribution is 5.76. The zero-order valence-electron chi connectivity index (χ0n) is 16.6. The predicted octanol–water partition coefficient (Wildman–Crippen LogP) is 4.04. The molecule has 1 aromatic carbocycles. The van der Waals surface area contributed by atoms with Gasteiger partial charge in [0, 0.05) is 24.4 Å². The molecular weight excluding hydrogens is 362 g/mol. The van der Waals surface area contributed by atoms with Crippen LogP contribution >= 0.6 is 0 Å². The molecule has 0 fully saturated rings. The highest BCUT2D eigenvalue weighted by Gasteiger charge is 2.26. The molecule has 0 bridgehead atoms. The van der Waals surface area contributed by atoms with Gasteiger partial charge in [-0.05, 0) is 44.4 Å². The van der Waals surface area contributed by atoms with Crippen LogP contribution in [0.4, 0.5) is 0 Å². The quantitative estimate of drug-likeness (QED) is 0.576. The number of hydrogen-bond acceptors (Lipinski definition) is 5. The Bertz CT molecular complexity index is 1160. The van der Waals surface area contributed by atoms with E-state index in [0.717, 1.165) is 47.5 Å². The van der Waals surface area contributed by atoms with Gasteiger partial charge in [0.05, 0.1) is 11.7 Å². The summed E-state index contributed by atoms with van der Waals surface area (Å²) in [5.41, 5.74) is 3.67. The largest absolute Gasteiger partial charge is 0.382 e. The zero-order valence-corrected chi connectivity index (χ0v) is 16.6. The Morgan fingerprint density at radius 3 is 2.48 bits per heavy atom. The monoisotopic (exact) mass is 385 g/mol. The van der Waals surface area contributed by atoms with Gasteiger partial charge in [0.15, 0.2) is 11.5 Å². The van der Waals surface area contributed by atoms with E-state index >= 15 is 0 Å². The molecule has 0 saturated heterocycles. The van der Waals surface area contributed by atoms with Crippen LogP contribution in [0.3, 0.4) is 0 Å². The maximum Gasteiger partial charge on any atom is 0.161 e. The highest BCUT2D eigenvalue weighted by Crippen LogP contribution is 2.34. The van der Waals surface area contributed by atoms with E-state index in [2.05, 4.69) is 38.8 Å². The number of fused-ring (bicyclic) bond motifs is 3. The number of aromatic nitrogens is 5. The Morgan fingerprint density at radius 1 is 1.00 bits per heavy atom. The number of nitrogens with zero attached hydrogens (tertiary/aromatic N) is 5. The first-order chi connectivity index (χ1) is 14.0. The van der Waals surface area contributed by atoms with Crippen molar-refractivity contribution in [2.75, 3.05) is 0 Å². The molecule has 5 rings (SSSR count). The van der Waals surface area contributed by atoms with Crippen molar-refractivity contribution >= 4 is 11.2 Å². The fraction of sp³-hybridized carbons (Fsp3) is 0.304. The molecule has 6 heteroatoms. The van der Waals surface area contributed by atoms with Gasteiger partial charge in [-0.2, -0.15) is 0 Å². The topological polar surface area (TPSA) is 76.7 Å². The first kappa shape index (κ1) is 17.9. The molecule has 29 heavy (non-hydrogen) atoms. The molecule has 0 amide bonds. The number of hydrogen-bond donors (Lipinski definition) is 1. The third kappa shape index (κ3) is 3.19. The summed E-state index contributed by atoms with van der Waals surface area (Å²) in [4.78, 5) is 18.4. The van der Waals surface area contributed by atoms with Crippen LogP contribution in [0.5, 0.6) is 0 Å². The van der Waals surface area contributed by atoms with E-state index in [1.807, 2.05) is 18.2 Å². The lowest BCUT2D eigenvalue weighted by atomic mass is 9.97.